The lowest BCUT2D eigenvalue weighted by Crippen LogP contribution is -2.15. The summed E-state index contributed by atoms with van der Waals surface area (Å²) >= 11 is 6.12. The Morgan fingerprint density at radius 2 is 2.00 bits per heavy atom. The Kier molecular flexibility index (Phi) is 4.11. The van der Waals surface area contributed by atoms with Crippen molar-refractivity contribution in [2.75, 3.05) is 6.61 Å². The topological polar surface area (TPSA) is 9.23 Å². The second-order valence-electron chi connectivity index (χ2n) is 4.70. The van der Waals surface area contributed by atoms with E-state index in [1.165, 1.54) is 32.1 Å². The van der Waals surface area contributed by atoms with Crippen LogP contribution in [-0.4, -0.2) is 6.61 Å². The van der Waals surface area contributed by atoms with Crippen LogP contribution in [0.25, 0.3) is 0 Å². The Balaban J connectivity index is 1.93. The van der Waals surface area contributed by atoms with Gasteiger partial charge in [-0.1, -0.05) is 43.0 Å². The lowest BCUT2D eigenvalue weighted by atomic mass is 9.90. The van der Waals surface area contributed by atoms with Gasteiger partial charge < -0.3 is 4.74 Å². The molecule has 0 spiro atoms. The molecule has 0 aliphatic heterocycles. The predicted molar refractivity (Wildman–Crippen MR) is 68.3 cm³/mol. The van der Waals surface area contributed by atoms with Gasteiger partial charge in [0.1, 0.15) is 5.75 Å². The lowest BCUT2D eigenvalue weighted by molar-refractivity contribution is 0.208. The van der Waals surface area contributed by atoms with Gasteiger partial charge >= 0.3 is 0 Å². The molecule has 2 heteroatoms. The Bertz CT molecular complexity index is 322. The zero-order valence-corrected chi connectivity index (χ0v) is 10.6. The van der Waals surface area contributed by atoms with Gasteiger partial charge in [-0.2, -0.15) is 0 Å². The van der Waals surface area contributed by atoms with Crippen molar-refractivity contribution in [2.24, 2.45) is 5.92 Å². The van der Waals surface area contributed by atoms with Crippen LogP contribution < -0.4 is 4.74 Å². The Labute approximate surface area is 103 Å². The maximum Gasteiger partial charge on any atom is 0.140 e. The molecular formula is C14H19ClO. The normalized spacial score (nSPS) is 17.4. The Hall–Kier alpha value is -0.690. The van der Waals surface area contributed by atoms with Crippen molar-refractivity contribution in [1.82, 2.24) is 0 Å². The Morgan fingerprint density at radius 3 is 2.69 bits per heavy atom. The van der Waals surface area contributed by atoms with Crippen molar-refractivity contribution in [3.05, 3.63) is 28.8 Å². The maximum atomic E-state index is 6.12. The zero-order chi connectivity index (χ0) is 11.4. The van der Waals surface area contributed by atoms with E-state index in [-0.39, 0.29) is 0 Å². The van der Waals surface area contributed by atoms with Gasteiger partial charge in [0.2, 0.25) is 0 Å². The second-order valence-corrected chi connectivity index (χ2v) is 5.11. The van der Waals surface area contributed by atoms with E-state index >= 15 is 0 Å². The largest absolute Gasteiger partial charge is 0.491 e. The lowest BCUT2D eigenvalue weighted by Gasteiger charge is -2.22. The summed E-state index contributed by atoms with van der Waals surface area (Å²) in [6.07, 6.45) is 6.72. The third-order valence-electron chi connectivity index (χ3n) is 3.35. The van der Waals surface area contributed by atoms with E-state index in [1.54, 1.807) is 0 Å². The second kappa shape index (κ2) is 5.58. The van der Waals surface area contributed by atoms with Gasteiger partial charge in [-0.3, -0.25) is 0 Å². The van der Waals surface area contributed by atoms with Crippen LogP contribution in [0.15, 0.2) is 18.2 Å². The molecule has 1 aromatic rings. The van der Waals surface area contributed by atoms with E-state index in [0.717, 1.165) is 28.9 Å². The van der Waals surface area contributed by atoms with Gasteiger partial charge in [-0.15, -0.1) is 0 Å². The molecule has 0 amide bonds. The van der Waals surface area contributed by atoms with Gasteiger partial charge in [-0.05, 0) is 37.3 Å². The van der Waals surface area contributed by atoms with Gasteiger partial charge in [0, 0.05) is 0 Å². The fraction of sp³-hybridized carbons (Fsp3) is 0.571. The fourth-order valence-electron chi connectivity index (χ4n) is 2.35. The molecule has 0 aromatic heterocycles. The van der Waals surface area contributed by atoms with Crippen molar-refractivity contribution >= 4 is 11.6 Å². The molecule has 1 saturated carbocycles. The SMILES string of the molecule is Cc1cccc(Cl)c1OCC1CCCCC1. The quantitative estimate of drug-likeness (QED) is 0.748. The number of benzene rings is 1. The molecule has 1 aliphatic carbocycles. The average Bonchev–Trinajstić information content (AvgIpc) is 2.30. The van der Waals surface area contributed by atoms with Gasteiger partial charge in [0.25, 0.3) is 0 Å². The minimum absolute atomic E-state index is 0.726. The molecule has 16 heavy (non-hydrogen) atoms. The summed E-state index contributed by atoms with van der Waals surface area (Å²) in [4.78, 5) is 0. The van der Waals surface area contributed by atoms with Crippen LogP contribution in [0.1, 0.15) is 37.7 Å². The first-order valence-electron chi connectivity index (χ1n) is 6.15. The molecule has 0 heterocycles. The van der Waals surface area contributed by atoms with Gasteiger partial charge in [0.15, 0.2) is 0 Å². The van der Waals surface area contributed by atoms with Gasteiger partial charge in [-0.25, -0.2) is 0 Å². The monoisotopic (exact) mass is 238 g/mol. The summed E-state index contributed by atoms with van der Waals surface area (Å²) in [5.74, 6) is 1.60. The maximum absolute atomic E-state index is 6.12. The van der Waals surface area contributed by atoms with E-state index in [1.807, 2.05) is 25.1 Å². The number of halogens is 1. The number of hydrogen-bond acceptors (Lipinski definition) is 1. The average molecular weight is 239 g/mol. The van der Waals surface area contributed by atoms with Gasteiger partial charge in [0.05, 0.1) is 11.6 Å². The fourth-order valence-corrected chi connectivity index (χ4v) is 2.63. The van der Waals surface area contributed by atoms with Crippen LogP contribution in [0.5, 0.6) is 5.75 Å². The van der Waals surface area contributed by atoms with Crippen LogP contribution in [0.4, 0.5) is 0 Å². The number of ether oxygens (including phenoxy) is 1. The van der Waals surface area contributed by atoms with Crippen LogP contribution >= 0.6 is 11.6 Å². The minimum atomic E-state index is 0.726. The molecule has 1 nitrogen and oxygen atoms in total. The molecule has 1 aliphatic rings. The molecule has 0 saturated heterocycles. The van der Waals surface area contributed by atoms with E-state index < -0.39 is 0 Å². The Morgan fingerprint density at radius 1 is 1.25 bits per heavy atom. The first-order chi connectivity index (χ1) is 7.77. The van der Waals surface area contributed by atoms with E-state index in [2.05, 4.69) is 0 Å². The molecular weight excluding hydrogens is 220 g/mol. The van der Waals surface area contributed by atoms with Crippen molar-refractivity contribution in [2.45, 2.75) is 39.0 Å². The van der Waals surface area contributed by atoms with Crippen molar-refractivity contribution in [3.8, 4) is 5.75 Å². The molecule has 1 aromatic carbocycles. The molecule has 0 radical (unpaired) electrons. The summed E-state index contributed by atoms with van der Waals surface area (Å²) in [5.41, 5.74) is 1.13. The standard InChI is InChI=1S/C14H19ClO/c1-11-6-5-9-13(15)14(11)16-10-12-7-3-2-4-8-12/h5-6,9,12H,2-4,7-8,10H2,1H3. The van der Waals surface area contributed by atoms with E-state index in [9.17, 15) is 0 Å². The van der Waals surface area contributed by atoms with Crippen molar-refractivity contribution < 1.29 is 4.74 Å². The smallest absolute Gasteiger partial charge is 0.140 e. The molecule has 0 unspecified atom stereocenters. The minimum Gasteiger partial charge on any atom is -0.491 e. The molecule has 0 N–H and O–H groups in total. The van der Waals surface area contributed by atoms with Crippen molar-refractivity contribution in [3.63, 3.8) is 0 Å². The van der Waals surface area contributed by atoms with Crippen LogP contribution in [0.2, 0.25) is 5.02 Å². The highest BCUT2D eigenvalue weighted by molar-refractivity contribution is 6.32. The predicted octanol–water partition coefficient (Wildman–Crippen LogP) is 4.61. The zero-order valence-electron chi connectivity index (χ0n) is 9.84. The van der Waals surface area contributed by atoms with Crippen LogP contribution in [0.3, 0.4) is 0 Å². The van der Waals surface area contributed by atoms with E-state index in [4.69, 9.17) is 16.3 Å². The summed E-state index contributed by atoms with van der Waals surface area (Å²) < 4.78 is 5.88. The summed E-state index contributed by atoms with van der Waals surface area (Å²) in [5, 5.41) is 0.732. The molecule has 0 atom stereocenters. The summed E-state index contributed by atoms with van der Waals surface area (Å²) in [6.45, 7) is 2.87. The van der Waals surface area contributed by atoms with Crippen LogP contribution in [-0.2, 0) is 0 Å². The van der Waals surface area contributed by atoms with Crippen molar-refractivity contribution in [1.29, 1.82) is 0 Å². The first kappa shape index (κ1) is 11.8. The third-order valence-corrected chi connectivity index (χ3v) is 3.65. The summed E-state index contributed by atoms with van der Waals surface area (Å²) in [7, 11) is 0. The highest BCUT2D eigenvalue weighted by Gasteiger charge is 2.15. The number of hydrogen-bond donors (Lipinski definition) is 0. The van der Waals surface area contributed by atoms with Crippen LogP contribution in [0, 0.1) is 12.8 Å². The van der Waals surface area contributed by atoms with E-state index in [0.29, 0.717) is 0 Å². The molecule has 2 rings (SSSR count). The molecule has 1 fully saturated rings. The molecule has 88 valence electrons. The number of rotatable bonds is 3. The third kappa shape index (κ3) is 2.91. The summed E-state index contributed by atoms with van der Waals surface area (Å²) in [6, 6.07) is 5.90. The number of aryl methyl sites for hydroxylation is 1. The number of para-hydroxylation sites is 1. The highest BCUT2D eigenvalue weighted by Crippen LogP contribution is 2.30. The molecule has 0 bridgehead atoms. The highest BCUT2D eigenvalue weighted by atomic mass is 35.5. The first-order valence-corrected chi connectivity index (χ1v) is 6.53.